The van der Waals surface area contributed by atoms with Crippen molar-refractivity contribution in [1.82, 2.24) is 0 Å². The van der Waals surface area contributed by atoms with Gasteiger partial charge in [0.15, 0.2) is 6.10 Å². The van der Waals surface area contributed by atoms with Crippen LogP contribution in [-0.2, 0) is 11.0 Å². The van der Waals surface area contributed by atoms with Crippen molar-refractivity contribution in [2.24, 2.45) is 5.92 Å². The van der Waals surface area contributed by atoms with Gasteiger partial charge in [-0.05, 0) is 55.5 Å². The third kappa shape index (κ3) is 7.52. The molecule has 0 aliphatic carbocycles. The smallest absolute Gasteiger partial charge is 0.416 e. The van der Waals surface area contributed by atoms with E-state index in [4.69, 9.17) is 19.8 Å². The lowest BCUT2D eigenvalue weighted by Gasteiger charge is -2.15. The maximum atomic E-state index is 12.6. The number of ether oxygens (including phenoxy) is 2. The number of carboxylic acids is 1. The Balaban J connectivity index is 1.87. The second-order valence-electron chi connectivity index (χ2n) is 6.44. The minimum Gasteiger partial charge on any atom is -0.493 e. The predicted molar refractivity (Wildman–Crippen MR) is 106 cm³/mol. The molecule has 2 atom stereocenters. The van der Waals surface area contributed by atoms with E-state index >= 15 is 0 Å². The van der Waals surface area contributed by atoms with Crippen LogP contribution in [0.5, 0.6) is 11.5 Å². The molecule has 2 unspecified atom stereocenters. The number of aliphatic carboxylic acids is 1. The lowest BCUT2D eigenvalue weighted by atomic mass is 10.1. The largest absolute Gasteiger partial charge is 0.493 e. The molecule has 0 aliphatic rings. The summed E-state index contributed by atoms with van der Waals surface area (Å²) in [7, 11) is 0. The summed E-state index contributed by atoms with van der Waals surface area (Å²) in [6.07, 6.45) is -5.11. The van der Waals surface area contributed by atoms with Gasteiger partial charge in [0.05, 0.1) is 18.2 Å². The summed E-state index contributed by atoms with van der Waals surface area (Å²) in [4.78, 5) is 11.7. The van der Waals surface area contributed by atoms with Crippen molar-refractivity contribution in [3.05, 3.63) is 54.1 Å². The molecular weight excluding hydrogens is 419 g/mol. The third-order valence-corrected chi connectivity index (χ3v) is 5.26. The fourth-order valence-corrected chi connectivity index (χ4v) is 3.30. The molecular formula is C21H20F3NO4S. The molecule has 0 radical (unpaired) electrons. The standard InChI is InChI=1S/C21H20F3NO4S/c1-14(20(26)27)29-18-6-8-19(9-7-18)30-13-15(10-11-25)12-28-17-4-2-16(3-5-17)21(22,23)24/h2-9,14-15H,10,12-13H2,1H3,(H,26,27). The van der Waals surface area contributed by atoms with Gasteiger partial charge in [-0.25, -0.2) is 4.79 Å². The maximum Gasteiger partial charge on any atom is 0.416 e. The van der Waals surface area contributed by atoms with Gasteiger partial charge in [-0.3, -0.25) is 0 Å². The average molecular weight is 439 g/mol. The van der Waals surface area contributed by atoms with Gasteiger partial charge in [0.25, 0.3) is 0 Å². The van der Waals surface area contributed by atoms with E-state index < -0.39 is 23.8 Å². The summed E-state index contributed by atoms with van der Waals surface area (Å²) in [6, 6.07) is 13.4. The first-order valence-electron chi connectivity index (χ1n) is 8.98. The van der Waals surface area contributed by atoms with E-state index in [1.807, 2.05) is 0 Å². The van der Waals surface area contributed by atoms with Crippen molar-refractivity contribution in [3.63, 3.8) is 0 Å². The summed E-state index contributed by atoms with van der Waals surface area (Å²) in [5.41, 5.74) is -0.746. The van der Waals surface area contributed by atoms with Crippen LogP contribution in [-0.4, -0.2) is 29.5 Å². The number of nitrogens with zero attached hydrogens (tertiary/aromatic N) is 1. The van der Waals surface area contributed by atoms with Crippen LogP contribution in [0.4, 0.5) is 13.2 Å². The SMILES string of the molecule is CC(Oc1ccc(SCC(CC#N)COc2ccc(C(F)(F)F)cc2)cc1)C(=O)O. The molecule has 160 valence electrons. The van der Waals surface area contributed by atoms with E-state index in [1.54, 1.807) is 24.3 Å². The first-order valence-corrected chi connectivity index (χ1v) is 9.97. The summed E-state index contributed by atoms with van der Waals surface area (Å²) < 4.78 is 48.6. The Morgan fingerprint density at radius 1 is 1.13 bits per heavy atom. The first-order chi connectivity index (χ1) is 14.2. The van der Waals surface area contributed by atoms with Crippen LogP contribution in [0.15, 0.2) is 53.4 Å². The Morgan fingerprint density at radius 2 is 1.73 bits per heavy atom. The maximum absolute atomic E-state index is 12.6. The highest BCUT2D eigenvalue weighted by atomic mass is 32.2. The molecule has 30 heavy (non-hydrogen) atoms. The molecule has 0 aromatic heterocycles. The molecule has 0 aliphatic heterocycles. The third-order valence-electron chi connectivity index (χ3n) is 4.02. The lowest BCUT2D eigenvalue weighted by molar-refractivity contribution is -0.144. The van der Waals surface area contributed by atoms with E-state index in [0.717, 1.165) is 17.0 Å². The van der Waals surface area contributed by atoms with Gasteiger partial charge in [-0.1, -0.05) is 0 Å². The van der Waals surface area contributed by atoms with E-state index in [-0.39, 0.29) is 18.9 Å². The molecule has 0 fully saturated rings. The van der Waals surface area contributed by atoms with E-state index in [9.17, 15) is 18.0 Å². The van der Waals surface area contributed by atoms with Crippen molar-refractivity contribution < 1.29 is 32.5 Å². The molecule has 2 rings (SSSR count). The highest BCUT2D eigenvalue weighted by Crippen LogP contribution is 2.30. The van der Waals surface area contributed by atoms with Gasteiger partial charge >= 0.3 is 12.1 Å². The van der Waals surface area contributed by atoms with Crippen LogP contribution in [0, 0.1) is 17.2 Å². The van der Waals surface area contributed by atoms with Crippen molar-refractivity contribution in [2.75, 3.05) is 12.4 Å². The zero-order valence-electron chi connectivity index (χ0n) is 16.1. The number of nitriles is 1. The second-order valence-corrected chi connectivity index (χ2v) is 7.54. The molecule has 5 nitrogen and oxygen atoms in total. The van der Waals surface area contributed by atoms with Crippen LogP contribution in [0.25, 0.3) is 0 Å². The van der Waals surface area contributed by atoms with Crippen molar-refractivity contribution in [3.8, 4) is 17.6 Å². The fraction of sp³-hybridized carbons (Fsp3) is 0.333. The number of hydrogen-bond donors (Lipinski definition) is 1. The normalized spacial score (nSPS) is 13.2. The van der Waals surface area contributed by atoms with Gasteiger partial charge < -0.3 is 14.6 Å². The number of benzene rings is 2. The Morgan fingerprint density at radius 3 is 2.27 bits per heavy atom. The van der Waals surface area contributed by atoms with Gasteiger partial charge in [-0.15, -0.1) is 11.8 Å². The number of rotatable bonds is 10. The summed E-state index contributed by atoms with van der Waals surface area (Å²) >= 11 is 1.49. The highest BCUT2D eigenvalue weighted by molar-refractivity contribution is 7.99. The molecule has 2 aromatic rings. The number of carbonyl (C=O) groups is 1. The van der Waals surface area contributed by atoms with Gasteiger partial charge in [-0.2, -0.15) is 18.4 Å². The minimum absolute atomic E-state index is 0.120. The summed E-state index contributed by atoms with van der Waals surface area (Å²) in [6.45, 7) is 1.64. The van der Waals surface area contributed by atoms with Crippen LogP contribution in [0.3, 0.4) is 0 Å². The zero-order valence-corrected chi connectivity index (χ0v) is 16.9. The average Bonchev–Trinajstić information content (AvgIpc) is 2.70. The molecule has 0 saturated heterocycles. The summed E-state index contributed by atoms with van der Waals surface area (Å²) in [5, 5.41) is 17.9. The van der Waals surface area contributed by atoms with Crippen LogP contribution in [0.1, 0.15) is 18.9 Å². The Labute approximate surface area is 176 Å². The second kappa shape index (κ2) is 10.8. The number of hydrogen-bond acceptors (Lipinski definition) is 5. The van der Waals surface area contributed by atoms with E-state index in [1.165, 1.54) is 30.8 Å². The van der Waals surface area contributed by atoms with Gasteiger partial charge in [0, 0.05) is 23.0 Å². The molecule has 0 bridgehead atoms. The molecule has 0 saturated carbocycles. The van der Waals surface area contributed by atoms with Crippen LogP contribution >= 0.6 is 11.8 Å². The Bertz CT molecular complexity index is 864. The Kier molecular flexibility index (Phi) is 8.42. The van der Waals surface area contributed by atoms with E-state index in [2.05, 4.69) is 6.07 Å². The van der Waals surface area contributed by atoms with E-state index in [0.29, 0.717) is 17.3 Å². The quantitative estimate of drug-likeness (QED) is 0.509. The molecule has 1 N–H and O–H groups in total. The number of carboxylic acid groups (broad SMARTS) is 1. The van der Waals surface area contributed by atoms with Crippen LogP contribution < -0.4 is 9.47 Å². The van der Waals surface area contributed by atoms with Gasteiger partial charge in [0.2, 0.25) is 0 Å². The van der Waals surface area contributed by atoms with Crippen LogP contribution in [0.2, 0.25) is 0 Å². The summed E-state index contributed by atoms with van der Waals surface area (Å²) in [5.74, 6) is 0.143. The number of thioether (sulfide) groups is 1. The molecule has 2 aromatic carbocycles. The number of halogens is 3. The minimum atomic E-state index is -4.40. The topological polar surface area (TPSA) is 79.5 Å². The van der Waals surface area contributed by atoms with Gasteiger partial charge in [0.1, 0.15) is 11.5 Å². The molecule has 0 heterocycles. The monoisotopic (exact) mass is 439 g/mol. The highest BCUT2D eigenvalue weighted by Gasteiger charge is 2.30. The fourth-order valence-electron chi connectivity index (χ4n) is 2.33. The molecule has 0 spiro atoms. The Hall–Kier alpha value is -2.86. The predicted octanol–water partition coefficient (Wildman–Crippen LogP) is 5.26. The van der Waals surface area contributed by atoms with Crippen molar-refractivity contribution >= 4 is 17.7 Å². The van der Waals surface area contributed by atoms with Crippen molar-refractivity contribution in [2.45, 2.75) is 30.5 Å². The lowest BCUT2D eigenvalue weighted by Crippen LogP contribution is -2.22. The zero-order chi connectivity index (χ0) is 22.1. The van der Waals surface area contributed by atoms with Crippen molar-refractivity contribution in [1.29, 1.82) is 5.26 Å². The molecule has 0 amide bonds. The first kappa shape index (κ1) is 23.4. The molecule has 9 heteroatoms. The number of alkyl halides is 3.